The molecule has 0 aliphatic carbocycles. The van der Waals surface area contributed by atoms with Crippen LogP contribution in [0.25, 0.3) is 0 Å². The van der Waals surface area contributed by atoms with Gasteiger partial charge in [0, 0.05) is 38.0 Å². The van der Waals surface area contributed by atoms with Crippen LogP contribution in [-0.2, 0) is 0 Å². The highest BCUT2D eigenvalue weighted by atomic mass is 32.2. The average molecular weight is 309 g/mol. The van der Waals surface area contributed by atoms with E-state index >= 15 is 0 Å². The number of carbonyl (C=O) groups is 2. The summed E-state index contributed by atoms with van der Waals surface area (Å²) in [5, 5.41) is 8.75. The molecule has 0 atom stereocenters. The summed E-state index contributed by atoms with van der Waals surface area (Å²) in [6, 6.07) is 7.04. The molecule has 0 unspecified atom stereocenters. The van der Waals surface area contributed by atoms with E-state index in [2.05, 4.69) is 0 Å². The second-order valence-corrected chi connectivity index (χ2v) is 6.38. The van der Waals surface area contributed by atoms with Gasteiger partial charge in [-0.3, -0.25) is 9.59 Å². The van der Waals surface area contributed by atoms with Gasteiger partial charge in [0.1, 0.15) is 0 Å². The van der Waals surface area contributed by atoms with Gasteiger partial charge in [0.15, 0.2) is 0 Å². The second-order valence-electron chi connectivity index (χ2n) is 4.33. The molecule has 0 radical (unpaired) electrons. The Morgan fingerprint density at radius 1 is 0.950 bits per heavy atom. The minimum atomic E-state index is -0.130. The maximum absolute atomic E-state index is 11.7. The van der Waals surface area contributed by atoms with Crippen LogP contribution in [0.3, 0.4) is 0 Å². The first kappa shape index (κ1) is 16.4. The highest BCUT2D eigenvalue weighted by molar-refractivity contribution is 8.14. The smallest absolute Gasteiger partial charge is 0.285 e. The van der Waals surface area contributed by atoms with Crippen molar-refractivity contribution >= 4 is 34.0 Å². The Morgan fingerprint density at radius 2 is 1.35 bits per heavy atom. The van der Waals surface area contributed by atoms with Gasteiger partial charge in [-0.15, -0.1) is 0 Å². The molecule has 0 heterocycles. The van der Waals surface area contributed by atoms with Crippen molar-refractivity contribution in [3.05, 3.63) is 23.8 Å². The summed E-state index contributed by atoms with van der Waals surface area (Å²) in [6.07, 6.45) is 0. The van der Waals surface area contributed by atoms with E-state index in [0.29, 0.717) is 15.4 Å². The highest BCUT2D eigenvalue weighted by Gasteiger charge is 2.12. The van der Waals surface area contributed by atoms with E-state index in [0.717, 1.165) is 23.5 Å². The molecule has 0 saturated carbocycles. The molecular formula is C13H15N3O2S2. The Kier molecular flexibility index (Phi) is 5.92. The fraction of sp³-hybridized carbons (Fsp3) is 0.308. The van der Waals surface area contributed by atoms with Gasteiger partial charge in [0.2, 0.25) is 0 Å². The van der Waals surface area contributed by atoms with E-state index in [1.54, 1.807) is 46.4 Å². The molecule has 7 heteroatoms. The predicted octanol–water partition coefficient (Wildman–Crippen LogP) is 3.11. The minimum Gasteiger partial charge on any atom is -0.339 e. The van der Waals surface area contributed by atoms with Gasteiger partial charge in [-0.05, 0) is 41.7 Å². The second kappa shape index (κ2) is 7.22. The molecule has 2 amide bonds. The Balaban J connectivity index is 3.00. The van der Waals surface area contributed by atoms with E-state index in [-0.39, 0.29) is 10.5 Å². The van der Waals surface area contributed by atoms with Crippen LogP contribution in [0.5, 0.6) is 0 Å². The van der Waals surface area contributed by atoms with Crippen LogP contribution in [0.15, 0.2) is 28.0 Å². The molecule has 20 heavy (non-hydrogen) atoms. The summed E-state index contributed by atoms with van der Waals surface area (Å²) in [4.78, 5) is 27.6. The summed E-state index contributed by atoms with van der Waals surface area (Å²) >= 11 is 2.06. The third-order valence-corrected chi connectivity index (χ3v) is 4.17. The number of nitriles is 1. The van der Waals surface area contributed by atoms with Crippen molar-refractivity contribution < 1.29 is 9.59 Å². The molecule has 0 fully saturated rings. The quantitative estimate of drug-likeness (QED) is 0.785. The lowest BCUT2D eigenvalue weighted by molar-refractivity contribution is 0.240. The van der Waals surface area contributed by atoms with Crippen molar-refractivity contribution in [2.45, 2.75) is 9.79 Å². The molecule has 0 N–H and O–H groups in total. The molecular weight excluding hydrogens is 294 g/mol. The summed E-state index contributed by atoms with van der Waals surface area (Å²) < 4.78 is 0. The van der Waals surface area contributed by atoms with Crippen molar-refractivity contribution in [2.75, 3.05) is 28.2 Å². The van der Waals surface area contributed by atoms with E-state index < -0.39 is 0 Å². The van der Waals surface area contributed by atoms with Gasteiger partial charge in [0.05, 0.1) is 11.6 Å². The van der Waals surface area contributed by atoms with Gasteiger partial charge in [-0.2, -0.15) is 5.26 Å². The maximum Gasteiger partial charge on any atom is 0.285 e. The number of nitrogens with zero attached hydrogens (tertiary/aromatic N) is 3. The maximum atomic E-state index is 11.7. The summed E-state index contributed by atoms with van der Waals surface area (Å²) in [7, 11) is 6.65. The number of carbonyl (C=O) groups excluding carboxylic acids is 2. The molecule has 0 saturated heterocycles. The SMILES string of the molecule is CN(C)C(=O)Sc1cc(C#N)cc(SC(=O)N(C)C)c1. The van der Waals surface area contributed by atoms with Gasteiger partial charge < -0.3 is 9.80 Å². The number of hydrogen-bond donors (Lipinski definition) is 0. The largest absolute Gasteiger partial charge is 0.339 e. The fourth-order valence-corrected chi connectivity index (χ4v) is 2.72. The lowest BCUT2D eigenvalue weighted by atomic mass is 10.2. The van der Waals surface area contributed by atoms with Crippen molar-refractivity contribution in [1.29, 1.82) is 5.26 Å². The first-order chi connectivity index (χ1) is 9.33. The Bertz CT molecular complexity index is 525. The highest BCUT2D eigenvalue weighted by Crippen LogP contribution is 2.29. The number of rotatable bonds is 2. The monoisotopic (exact) mass is 309 g/mol. The first-order valence-electron chi connectivity index (χ1n) is 5.67. The zero-order chi connectivity index (χ0) is 15.3. The normalized spacial score (nSPS) is 9.75. The molecule has 1 aromatic carbocycles. The number of benzene rings is 1. The zero-order valence-electron chi connectivity index (χ0n) is 11.7. The summed E-state index contributed by atoms with van der Waals surface area (Å²) in [5.74, 6) is 0. The molecule has 0 aromatic heterocycles. The van der Waals surface area contributed by atoms with Crippen LogP contribution in [0.1, 0.15) is 5.56 Å². The molecule has 1 rings (SSSR count). The average Bonchev–Trinajstić information content (AvgIpc) is 2.37. The van der Waals surface area contributed by atoms with Crippen molar-refractivity contribution in [2.24, 2.45) is 0 Å². The van der Waals surface area contributed by atoms with Gasteiger partial charge in [-0.1, -0.05) is 0 Å². The van der Waals surface area contributed by atoms with Crippen LogP contribution in [0, 0.1) is 11.3 Å². The van der Waals surface area contributed by atoms with Crippen molar-refractivity contribution in [3.63, 3.8) is 0 Å². The minimum absolute atomic E-state index is 0.130. The Morgan fingerprint density at radius 3 is 1.65 bits per heavy atom. The van der Waals surface area contributed by atoms with Crippen LogP contribution in [-0.4, -0.2) is 48.5 Å². The van der Waals surface area contributed by atoms with Crippen molar-refractivity contribution in [1.82, 2.24) is 9.80 Å². The summed E-state index contributed by atoms with van der Waals surface area (Å²) in [6.45, 7) is 0. The van der Waals surface area contributed by atoms with Crippen molar-refractivity contribution in [3.8, 4) is 6.07 Å². The molecule has 0 bridgehead atoms. The molecule has 1 aromatic rings. The fourth-order valence-electron chi connectivity index (χ4n) is 1.14. The zero-order valence-corrected chi connectivity index (χ0v) is 13.3. The van der Waals surface area contributed by atoms with Gasteiger partial charge in [-0.25, -0.2) is 0 Å². The Labute approximate surface area is 126 Å². The van der Waals surface area contributed by atoms with E-state index in [1.165, 1.54) is 9.80 Å². The molecule has 0 aliphatic heterocycles. The van der Waals surface area contributed by atoms with E-state index in [4.69, 9.17) is 5.26 Å². The Hall–Kier alpha value is -1.65. The molecule has 0 aliphatic rings. The molecule has 0 spiro atoms. The van der Waals surface area contributed by atoms with Crippen LogP contribution in [0.2, 0.25) is 0 Å². The molecule has 5 nitrogen and oxygen atoms in total. The third-order valence-electron chi connectivity index (χ3n) is 2.15. The third kappa shape index (κ3) is 4.79. The van der Waals surface area contributed by atoms with Gasteiger partial charge >= 0.3 is 0 Å². The van der Waals surface area contributed by atoms with Crippen LogP contribution < -0.4 is 0 Å². The van der Waals surface area contributed by atoms with E-state index in [9.17, 15) is 9.59 Å². The van der Waals surface area contributed by atoms with Crippen LogP contribution >= 0.6 is 23.5 Å². The number of hydrogen-bond acceptors (Lipinski definition) is 5. The summed E-state index contributed by atoms with van der Waals surface area (Å²) in [5.41, 5.74) is 0.426. The van der Waals surface area contributed by atoms with Crippen LogP contribution in [0.4, 0.5) is 9.59 Å². The van der Waals surface area contributed by atoms with Gasteiger partial charge in [0.25, 0.3) is 10.5 Å². The lowest BCUT2D eigenvalue weighted by Gasteiger charge is -2.12. The number of amides is 2. The molecule has 106 valence electrons. The predicted molar refractivity (Wildman–Crippen MR) is 81.0 cm³/mol. The van der Waals surface area contributed by atoms with E-state index in [1.807, 2.05) is 6.07 Å². The standard InChI is InChI=1S/C13H15N3O2S2/c1-15(2)12(17)19-10-5-9(8-14)6-11(7-10)20-13(18)16(3)4/h5-7H,1-4H3. The first-order valence-corrected chi connectivity index (χ1v) is 7.30. The lowest BCUT2D eigenvalue weighted by Crippen LogP contribution is -2.16. The number of thioether (sulfide) groups is 2. The topological polar surface area (TPSA) is 64.4 Å².